The summed E-state index contributed by atoms with van der Waals surface area (Å²) in [6.07, 6.45) is 2.14. The van der Waals surface area contributed by atoms with E-state index in [2.05, 4.69) is 0 Å². The van der Waals surface area contributed by atoms with Crippen LogP contribution in [0, 0.1) is 0 Å². The standard InChI is InChI=1S/C20H16Cl2O4/c1-2-3-6-14-18(13-7-4-5-8-17(13)25-20(14)24)26-19(23)12-9-10-15(21)16(22)11-12/h4-5,7-11H,2-3,6H2,1H3. The molecule has 6 heteroatoms. The summed E-state index contributed by atoms with van der Waals surface area (Å²) in [5, 5.41) is 1.18. The van der Waals surface area contributed by atoms with Crippen LogP contribution in [0.15, 0.2) is 51.7 Å². The van der Waals surface area contributed by atoms with Crippen molar-refractivity contribution in [3.8, 4) is 5.75 Å². The third-order valence-electron chi connectivity index (χ3n) is 3.99. The van der Waals surface area contributed by atoms with Crippen LogP contribution in [-0.2, 0) is 6.42 Å². The minimum absolute atomic E-state index is 0.237. The predicted molar refractivity (Wildman–Crippen MR) is 103 cm³/mol. The van der Waals surface area contributed by atoms with Gasteiger partial charge in [-0.25, -0.2) is 9.59 Å². The zero-order valence-corrected chi connectivity index (χ0v) is 15.6. The van der Waals surface area contributed by atoms with Crippen LogP contribution >= 0.6 is 23.2 Å². The average Bonchev–Trinajstić information content (AvgIpc) is 2.63. The van der Waals surface area contributed by atoms with E-state index in [9.17, 15) is 9.59 Å². The van der Waals surface area contributed by atoms with Crippen molar-refractivity contribution in [3.05, 3.63) is 74.1 Å². The molecule has 0 aliphatic rings. The van der Waals surface area contributed by atoms with Crippen molar-refractivity contribution < 1.29 is 13.9 Å². The lowest BCUT2D eigenvalue weighted by molar-refractivity contribution is 0.0734. The van der Waals surface area contributed by atoms with Crippen LogP contribution in [0.4, 0.5) is 0 Å². The quantitative estimate of drug-likeness (QED) is 0.416. The molecule has 0 N–H and O–H groups in total. The lowest BCUT2D eigenvalue weighted by atomic mass is 10.1. The van der Waals surface area contributed by atoms with E-state index in [1.54, 1.807) is 24.3 Å². The summed E-state index contributed by atoms with van der Waals surface area (Å²) in [7, 11) is 0. The van der Waals surface area contributed by atoms with E-state index >= 15 is 0 Å². The highest BCUT2D eigenvalue weighted by molar-refractivity contribution is 6.42. The first-order valence-electron chi connectivity index (χ1n) is 8.23. The zero-order chi connectivity index (χ0) is 18.7. The number of carbonyl (C=O) groups is 1. The number of para-hydroxylation sites is 1. The van der Waals surface area contributed by atoms with E-state index in [-0.39, 0.29) is 16.3 Å². The largest absolute Gasteiger partial charge is 0.422 e. The van der Waals surface area contributed by atoms with Crippen molar-refractivity contribution in [2.24, 2.45) is 0 Å². The van der Waals surface area contributed by atoms with Gasteiger partial charge in [-0.15, -0.1) is 0 Å². The number of hydrogen-bond donors (Lipinski definition) is 0. The van der Waals surface area contributed by atoms with Crippen molar-refractivity contribution in [2.75, 3.05) is 0 Å². The molecular formula is C20H16Cl2O4. The van der Waals surface area contributed by atoms with Gasteiger partial charge >= 0.3 is 11.6 Å². The van der Waals surface area contributed by atoms with E-state index < -0.39 is 11.6 Å². The molecule has 0 radical (unpaired) electrons. The lowest BCUT2D eigenvalue weighted by Gasteiger charge is -2.12. The topological polar surface area (TPSA) is 56.5 Å². The highest BCUT2D eigenvalue weighted by Crippen LogP contribution is 2.30. The maximum absolute atomic E-state index is 12.6. The molecule has 3 rings (SSSR count). The molecule has 1 aromatic heterocycles. The second kappa shape index (κ2) is 7.94. The molecule has 0 fully saturated rings. The summed E-state index contributed by atoms with van der Waals surface area (Å²) in [5.41, 5.74) is 0.487. The number of rotatable bonds is 5. The summed E-state index contributed by atoms with van der Waals surface area (Å²) < 4.78 is 11.0. The molecule has 0 saturated carbocycles. The van der Waals surface area contributed by atoms with Crippen molar-refractivity contribution in [1.82, 2.24) is 0 Å². The maximum atomic E-state index is 12.6. The Bertz CT molecular complexity index is 1020. The Morgan fingerprint density at radius 2 is 1.88 bits per heavy atom. The number of fused-ring (bicyclic) bond motifs is 1. The average molecular weight is 391 g/mol. The molecule has 4 nitrogen and oxygen atoms in total. The first-order valence-corrected chi connectivity index (χ1v) is 8.98. The Morgan fingerprint density at radius 3 is 2.62 bits per heavy atom. The molecule has 134 valence electrons. The highest BCUT2D eigenvalue weighted by atomic mass is 35.5. The number of carbonyl (C=O) groups excluding carboxylic acids is 1. The van der Waals surface area contributed by atoms with Gasteiger partial charge in [0.05, 0.1) is 26.6 Å². The minimum atomic E-state index is -0.614. The Morgan fingerprint density at radius 1 is 1.12 bits per heavy atom. The summed E-state index contributed by atoms with van der Waals surface area (Å²) in [6.45, 7) is 2.02. The van der Waals surface area contributed by atoms with Gasteiger partial charge < -0.3 is 9.15 Å². The van der Waals surface area contributed by atoms with Crippen molar-refractivity contribution >= 4 is 40.1 Å². The Labute approximate surface area is 160 Å². The fourth-order valence-corrected chi connectivity index (χ4v) is 2.92. The van der Waals surface area contributed by atoms with E-state index in [1.165, 1.54) is 18.2 Å². The number of hydrogen-bond acceptors (Lipinski definition) is 4. The van der Waals surface area contributed by atoms with E-state index in [4.69, 9.17) is 32.4 Å². The second-order valence-corrected chi connectivity index (χ2v) is 6.63. The molecule has 26 heavy (non-hydrogen) atoms. The molecule has 0 unspecified atom stereocenters. The van der Waals surface area contributed by atoms with Gasteiger partial charge in [0.2, 0.25) is 0 Å². The molecule has 0 aliphatic heterocycles. The van der Waals surface area contributed by atoms with Crippen LogP contribution in [-0.4, -0.2) is 5.97 Å². The van der Waals surface area contributed by atoms with Crippen molar-refractivity contribution in [2.45, 2.75) is 26.2 Å². The Hall–Kier alpha value is -2.30. The second-order valence-electron chi connectivity index (χ2n) is 5.82. The van der Waals surface area contributed by atoms with Crippen LogP contribution in [0.25, 0.3) is 11.0 Å². The van der Waals surface area contributed by atoms with Gasteiger partial charge in [-0.05, 0) is 43.2 Å². The van der Waals surface area contributed by atoms with Gasteiger partial charge in [0, 0.05) is 0 Å². The molecular weight excluding hydrogens is 375 g/mol. The molecule has 0 bridgehead atoms. The fourth-order valence-electron chi connectivity index (χ4n) is 2.62. The summed E-state index contributed by atoms with van der Waals surface area (Å²) in [6, 6.07) is 11.4. The van der Waals surface area contributed by atoms with Crippen molar-refractivity contribution in [3.63, 3.8) is 0 Å². The Balaban J connectivity index is 2.08. The molecule has 0 saturated heterocycles. The third kappa shape index (κ3) is 3.76. The lowest BCUT2D eigenvalue weighted by Crippen LogP contribution is -2.15. The van der Waals surface area contributed by atoms with Crippen LogP contribution in [0.2, 0.25) is 10.0 Å². The number of ether oxygens (including phenoxy) is 1. The number of halogens is 2. The summed E-state index contributed by atoms with van der Waals surface area (Å²) >= 11 is 11.9. The maximum Gasteiger partial charge on any atom is 0.343 e. The first-order chi connectivity index (χ1) is 12.5. The van der Waals surface area contributed by atoms with Crippen LogP contribution in [0.5, 0.6) is 5.75 Å². The van der Waals surface area contributed by atoms with Gasteiger partial charge in [-0.1, -0.05) is 48.7 Å². The molecule has 1 heterocycles. The van der Waals surface area contributed by atoms with E-state index in [0.717, 1.165) is 12.8 Å². The van der Waals surface area contributed by atoms with E-state index in [0.29, 0.717) is 28.0 Å². The van der Waals surface area contributed by atoms with Gasteiger partial charge in [-0.2, -0.15) is 0 Å². The number of unbranched alkanes of at least 4 members (excludes halogenated alkanes) is 1. The minimum Gasteiger partial charge on any atom is -0.422 e. The smallest absolute Gasteiger partial charge is 0.343 e. The van der Waals surface area contributed by atoms with E-state index in [1.807, 2.05) is 6.92 Å². The molecule has 2 aromatic carbocycles. The van der Waals surface area contributed by atoms with Gasteiger partial charge in [-0.3, -0.25) is 0 Å². The van der Waals surface area contributed by atoms with Gasteiger partial charge in [0.15, 0.2) is 5.75 Å². The first kappa shape index (κ1) is 18.5. The zero-order valence-electron chi connectivity index (χ0n) is 14.1. The molecule has 3 aromatic rings. The predicted octanol–water partition coefficient (Wildman–Crippen LogP) is 5.66. The normalized spacial score (nSPS) is 10.9. The molecule has 0 spiro atoms. The monoisotopic (exact) mass is 390 g/mol. The number of esters is 1. The summed E-state index contributed by atoms with van der Waals surface area (Å²) in [4.78, 5) is 25.0. The van der Waals surface area contributed by atoms with Gasteiger partial charge in [0.25, 0.3) is 0 Å². The molecule has 0 amide bonds. The van der Waals surface area contributed by atoms with Crippen LogP contribution in [0.1, 0.15) is 35.7 Å². The SMILES string of the molecule is CCCCc1c(OC(=O)c2ccc(Cl)c(Cl)c2)c2ccccc2oc1=O. The molecule has 0 atom stereocenters. The van der Waals surface area contributed by atoms with Gasteiger partial charge in [0.1, 0.15) is 5.58 Å². The van der Waals surface area contributed by atoms with Crippen LogP contribution in [0.3, 0.4) is 0 Å². The van der Waals surface area contributed by atoms with Crippen LogP contribution < -0.4 is 10.4 Å². The third-order valence-corrected chi connectivity index (χ3v) is 4.72. The highest BCUT2D eigenvalue weighted by Gasteiger charge is 2.20. The number of benzene rings is 2. The van der Waals surface area contributed by atoms with Crippen molar-refractivity contribution in [1.29, 1.82) is 0 Å². The fraction of sp³-hybridized carbons (Fsp3) is 0.200. The summed E-state index contributed by atoms with van der Waals surface area (Å²) in [5.74, 6) is -0.376. The Kier molecular flexibility index (Phi) is 5.64. The molecule has 0 aliphatic carbocycles.